The molecule has 2 aromatic carbocycles. The molecule has 1 aliphatic rings. The summed E-state index contributed by atoms with van der Waals surface area (Å²) in [6.07, 6.45) is 1.47. The highest BCUT2D eigenvalue weighted by atomic mass is 16.6. The van der Waals surface area contributed by atoms with Crippen LogP contribution in [0.1, 0.15) is 43.7 Å². The lowest BCUT2D eigenvalue weighted by molar-refractivity contribution is -0.152. The first-order valence-corrected chi connectivity index (χ1v) is 10.4. The molecular formula is C24H29NO6. The van der Waals surface area contributed by atoms with Gasteiger partial charge in [-0.25, -0.2) is 9.59 Å². The average Bonchev–Trinajstić information content (AvgIpc) is 2.77. The first-order valence-electron chi connectivity index (χ1n) is 10.4. The van der Waals surface area contributed by atoms with E-state index in [1.165, 1.54) is 13.8 Å². The van der Waals surface area contributed by atoms with Crippen molar-refractivity contribution in [3.8, 4) is 11.5 Å². The van der Waals surface area contributed by atoms with E-state index in [-0.39, 0.29) is 18.6 Å². The van der Waals surface area contributed by atoms with E-state index < -0.39 is 11.6 Å². The number of hydrogen-bond donors (Lipinski definition) is 1. The summed E-state index contributed by atoms with van der Waals surface area (Å²) in [4.78, 5) is 25.7. The number of methoxy groups -OCH3 is 1. The van der Waals surface area contributed by atoms with Crippen molar-refractivity contribution in [1.29, 1.82) is 0 Å². The summed E-state index contributed by atoms with van der Waals surface area (Å²) in [5.74, 6) is 0.371. The Hall–Kier alpha value is -3.22. The third kappa shape index (κ3) is 5.90. The van der Waals surface area contributed by atoms with Crippen LogP contribution >= 0.6 is 0 Å². The minimum atomic E-state index is -1.32. The van der Waals surface area contributed by atoms with Gasteiger partial charge < -0.3 is 24.2 Å². The van der Waals surface area contributed by atoms with E-state index in [0.717, 1.165) is 29.7 Å². The lowest BCUT2D eigenvalue weighted by atomic mass is 9.90. The second-order valence-corrected chi connectivity index (χ2v) is 8.18. The van der Waals surface area contributed by atoms with E-state index in [2.05, 4.69) is 0 Å². The Kier molecular flexibility index (Phi) is 7.05. The number of carboxylic acid groups (broad SMARTS) is 1. The summed E-state index contributed by atoms with van der Waals surface area (Å²) in [7, 11) is 1.61. The summed E-state index contributed by atoms with van der Waals surface area (Å²) in [5.41, 5.74) is 0.600. The first kappa shape index (κ1) is 22.5. The standard InChI is InChI=1S/C24H29NO6/c1-24(2,22(26)27)31-21-8-4-6-18(14-21)19-7-5-13-25(15-19)23(28)30-16-17-9-11-20(29-3)12-10-17/h4,6,8-12,14,19H,5,7,13,15-16H2,1-3H3,(H,26,27). The fraction of sp³-hybridized carbons (Fsp3) is 0.417. The Morgan fingerprint density at radius 3 is 2.55 bits per heavy atom. The summed E-state index contributed by atoms with van der Waals surface area (Å²) >= 11 is 0. The monoisotopic (exact) mass is 427 g/mol. The molecule has 1 fully saturated rings. The Balaban J connectivity index is 1.60. The lowest BCUT2D eigenvalue weighted by Gasteiger charge is -2.32. The molecule has 7 heteroatoms. The molecule has 1 atom stereocenters. The van der Waals surface area contributed by atoms with Crippen LogP contribution in [-0.4, -0.2) is 47.9 Å². The van der Waals surface area contributed by atoms with Gasteiger partial charge >= 0.3 is 12.1 Å². The van der Waals surface area contributed by atoms with Gasteiger partial charge in [-0.2, -0.15) is 0 Å². The van der Waals surface area contributed by atoms with Gasteiger partial charge in [-0.15, -0.1) is 0 Å². The van der Waals surface area contributed by atoms with Crippen molar-refractivity contribution in [2.75, 3.05) is 20.2 Å². The molecule has 1 saturated heterocycles. The number of aliphatic carboxylic acids is 1. The number of carboxylic acids is 1. The van der Waals surface area contributed by atoms with E-state index in [1.54, 1.807) is 18.1 Å². The number of benzene rings is 2. The van der Waals surface area contributed by atoms with Crippen LogP contribution in [-0.2, 0) is 16.1 Å². The number of likely N-dealkylation sites (tertiary alicyclic amines) is 1. The van der Waals surface area contributed by atoms with Crippen molar-refractivity contribution in [2.45, 2.75) is 44.8 Å². The molecule has 166 valence electrons. The second-order valence-electron chi connectivity index (χ2n) is 8.18. The number of amides is 1. The highest BCUT2D eigenvalue weighted by Gasteiger charge is 2.30. The maximum Gasteiger partial charge on any atom is 0.410 e. The van der Waals surface area contributed by atoms with Crippen molar-refractivity contribution in [2.24, 2.45) is 0 Å². The minimum absolute atomic E-state index is 0.138. The van der Waals surface area contributed by atoms with Crippen LogP contribution in [0.2, 0.25) is 0 Å². The average molecular weight is 427 g/mol. The van der Waals surface area contributed by atoms with Gasteiger partial charge in [0.05, 0.1) is 7.11 Å². The van der Waals surface area contributed by atoms with Gasteiger partial charge in [-0.3, -0.25) is 0 Å². The molecule has 0 spiro atoms. The molecule has 0 bridgehead atoms. The van der Waals surface area contributed by atoms with Crippen molar-refractivity contribution >= 4 is 12.1 Å². The third-order valence-electron chi connectivity index (χ3n) is 5.42. The number of hydrogen-bond acceptors (Lipinski definition) is 5. The maximum atomic E-state index is 12.6. The van der Waals surface area contributed by atoms with Crippen LogP contribution < -0.4 is 9.47 Å². The fourth-order valence-electron chi connectivity index (χ4n) is 3.54. The van der Waals surface area contributed by atoms with Crippen molar-refractivity contribution in [3.63, 3.8) is 0 Å². The van der Waals surface area contributed by atoms with Crippen molar-refractivity contribution in [3.05, 3.63) is 59.7 Å². The molecule has 31 heavy (non-hydrogen) atoms. The van der Waals surface area contributed by atoms with Crippen LogP contribution in [0.25, 0.3) is 0 Å². The van der Waals surface area contributed by atoms with Crippen LogP contribution in [0.15, 0.2) is 48.5 Å². The summed E-state index contributed by atoms with van der Waals surface area (Å²) in [5, 5.41) is 9.29. The zero-order valence-electron chi connectivity index (χ0n) is 18.2. The molecule has 1 N–H and O–H groups in total. The molecule has 0 radical (unpaired) electrons. The minimum Gasteiger partial charge on any atom is -0.497 e. The number of carbonyl (C=O) groups is 2. The Morgan fingerprint density at radius 2 is 1.87 bits per heavy atom. The summed E-state index contributed by atoms with van der Waals surface area (Å²) in [6, 6.07) is 14.9. The third-order valence-corrected chi connectivity index (χ3v) is 5.42. The van der Waals surface area contributed by atoms with Gasteiger partial charge in [0.15, 0.2) is 5.60 Å². The molecule has 1 heterocycles. The molecule has 7 nitrogen and oxygen atoms in total. The van der Waals surface area contributed by atoms with Crippen LogP contribution in [0.4, 0.5) is 4.79 Å². The molecule has 1 aliphatic heterocycles. The number of carbonyl (C=O) groups excluding carboxylic acids is 1. The normalized spacial score (nSPS) is 16.5. The molecule has 0 aliphatic carbocycles. The van der Waals surface area contributed by atoms with Gasteiger partial charge in [-0.05, 0) is 62.1 Å². The zero-order chi connectivity index (χ0) is 22.4. The van der Waals surface area contributed by atoms with E-state index >= 15 is 0 Å². The summed E-state index contributed by atoms with van der Waals surface area (Å²) in [6.45, 7) is 4.44. The number of ether oxygens (including phenoxy) is 3. The highest BCUT2D eigenvalue weighted by molar-refractivity contribution is 5.76. The molecule has 0 aromatic heterocycles. The van der Waals surface area contributed by atoms with E-state index in [9.17, 15) is 14.7 Å². The second kappa shape index (κ2) is 9.73. The van der Waals surface area contributed by atoms with E-state index in [4.69, 9.17) is 14.2 Å². The van der Waals surface area contributed by atoms with Crippen LogP contribution in [0.3, 0.4) is 0 Å². The zero-order valence-corrected chi connectivity index (χ0v) is 18.2. The predicted octanol–water partition coefficient (Wildman–Crippen LogP) is 4.45. The Bertz CT molecular complexity index is 909. The van der Waals surface area contributed by atoms with Crippen molar-refractivity contribution < 1.29 is 28.9 Å². The maximum absolute atomic E-state index is 12.6. The lowest BCUT2D eigenvalue weighted by Crippen LogP contribution is -2.39. The van der Waals surface area contributed by atoms with Gasteiger partial charge in [-0.1, -0.05) is 24.3 Å². The molecular weight excluding hydrogens is 398 g/mol. The Labute approximate surface area is 182 Å². The van der Waals surface area contributed by atoms with Crippen LogP contribution in [0, 0.1) is 0 Å². The van der Waals surface area contributed by atoms with E-state index in [1.807, 2.05) is 42.5 Å². The largest absolute Gasteiger partial charge is 0.497 e. The quantitative estimate of drug-likeness (QED) is 0.703. The summed E-state index contributed by atoms with van der Waals surface area (Å²) < 4.78 is 16.3. The molecule has 1 unspecified atom stereocenters. The predicted molar refractivity (Wildman–Crippen MR) is 116 cm³/mol. The SMILES string of the molecule is COc1ccc(COC(=O)N2CCCC(c3cccc(OC(C)(C)C(=O)O)c3)C2)cc1. The first-order chi connectivity index (χ1) is 14.8. The number of piperidine rings is 1. The molecule has 2 aromatic rings. The van der Waals surface area contributed by atoms with Gasteiger partial charge in [0.2, 0.25) is 0 Å². The topological polar surface area (TPSA) is 85.3 Å². The van der Waals surface area contributed by atoms with Gasteiger partial charge in [0.25, 0.3) is 0 Å². The molecule has 1 amide bonds. The highest BCUT2D eigenvalue weighted by Crippen LogP contribution is 2.30. The van der Waals surface area contributed by atoms with Gasteiger partial charge in [0, 0.05) is 19.0 Å². The smallest absolute Gasteiger partial charge is 0.410 e. The van der Waals surface area contributed by atoms with Gasteiger partial charge in [0.1, 0.15) is 18.1 Å². The molecule has 0 saturated carbocycles. The number of rotatable bonds is 7. The number of nitrogens with zero attached hydrogens (tertiary/aromatic N) is 1. The van der Waals surface area contributed by atoms with Crippen LogP contribution in [0.5, 0.6) is 11.5 Å². The van der Waals surface area contributed by atoms with E-state index in [0.29, 0.717) is 18.8 Å². The molecule has 3 rings (SSSR count). The fourth-order valence-corrected chi connectivity index (χ4v) is 3.54. The van der Waals surface area contributed by atoms with Crippen molar-refractivity contribution in [1.82, 2.24) is 4.90 Å². The Morgan fingerprint density at radius 1 is 1.13 bits per heavy atom.